The van der Waals surface area contributed by atoms with E-state index in [0.29, 0.717) is 18.5 Å². The molecule has 3 rings (SSSR count). The van der Waals surface area contributed by atoms with Crippen LogP contribution in [0.4, 0.5) is 0 Å². The van der Waals surface area contributed by atoms with Crippen LogP contribution in [0.3, 0.4) is 0 Å². The Morgan fingerprint density at radius 3 is 2.84 bits per heavy atom. The van der Waals surface area contributed by atoms with Crippen molar-refractivity contribution >= 4 is 5.91 Å². The number of rotatable bonds is 4. The van der Waals surface area contributed by atoms with Crippen LogP contribution < -0.4 is 10.9 Å². The van der Waals surface area contributed by atoms with Crippen molar-refractivity contribution < 1.29 is 9.90 Å². The first-order chi connectivity index (χ1) is 12.0. The van der Waals surface area contributed by atoms with Crippen LogP contribution in [-0.4, -0.2) is 27.1 Å². The summed E-state index contributed by atoms with van der Waals surface area (Å²) >= 11 is 0. The fraction of sp³-hybridized carbons (Fsp3) is 0.333. The van der Waals surface area contributed by atoms with E-state index in [1.54, 1.807) is 25.3 Å². The van der Waals surface area contributed by atoms with E-state index in [4.69, 9.17) is 5.26 Å². The van der Waals surface area contributed by atoms with Crippen molar-refractivity contribution in [1.29, 1.82) is 5.26 Å². The quantitative estimate of drug-likeness (QED) is 0.774. The van der Waals surface area contributed by atoms with E-state index in [0.717, 1.165) is 5.69 Å². The maximum atomic E-state index is 12.7. The van der Waals surface area contributed by atoms with E-state index < -0.39 is 5.56 Å². The summed E-state index contributed by atoms with van der Waals surface area (Å²) in [6, 6.07) is 8.21. The molecule has 0 aromatic carbocycles. The zero-order valence-electron chi connectivity index (χ0n) is 13.7. The zero-order chi connectivity index (χ0) is 18.0. The molecule has 1 atom stereocenters. The molecular weight excluding hydrogens is 320 g/mol. The number of pyridine rings is 2. The number of hydrogen-bond donors (Lipinski definition) is 3. The molecule has 128 valence electrons. The van der Waals surface area contributed by atoms with E-state index in [1.165, 1.54) is 6.07 Å². The largest absolute Gasteiger partial charge is 0.393 e. The van der Waals surface area contributed by atoms with Crippen molar-refractivity contribution in [2.75, 3.05) is 0 Å². The molecule has 0 bridgehead atoms. The van der Waals surface area contributed by atoms with Crippen LogP contribution in [0.2, 0.25) is 0 Å². The number of hydrogen-bond acceptors (Lipinski definition) is 5. The van der Waals surface area contributed by atoms with Gasteiger partial charge in [0.2, 0.25) is 0 Å². The van der Waals surface area contributed by atoms with E-state index in [1.807, 2.05) is 12.1 Å². The Hall–Kier alpha value is -2.98. The molecule has 25 heavy (non-hydrogen) atoms. The minimum atomic E-state index is -0.514. The normalized spacial score (nSPS) is 20.2. The number of aromatic amines is 1. The minimum absolute atomic E-state index is 0.0901. The van der Waals surface area contributed by atoms with Gasteiger partial charge in [0.1, 0.15) is 11.6 Å². The van der Waals surface area contributed by atoms with Crippen molar-refractivity contribution in [3.05, 3.63) is 63.3 Å². The van der Waals surface area contributed by atoms with Crippen LogP contribution in [0.1, 0.15) is 46.2 Å². The fourth-order valence-electron chi connectivity index (χ4n) is 3.06. The number of nitrogens with zero attached hydrogens (tertiary/aromatic N) is 2. The van der Waals surface area contributed by atoms with Gasteiger partial charge in [0.25, 0.3) is 11.5 Å². The SMILES string of the molecule is Cc1[nH]c(=O)c(C#N)cc1C(=O)N[C@@H](c1ccccn1)C1CC(O)C1. The number of amides is 1. The average Bonchev–Trinajstić information content (AvgIpc) is 2.58. The molecule has 2 aromatic rings. The second-order valence-corrected chi connectivity index (χ2v) is 6.25. The predicted molar refractivity (Wildman–Crippen MR) is 89.7 cm³/mol. The molecule has 7 heteroatoms. The molecule has 2 heterocycles. The molecule has 0 aliphatic heterocycles. The third kappa shape index (κ3) is 3.44. The van der Waals surface area contributed by atoms with E-state index in [2.05, 4.69) is 15.3 Å². The second-order valence-electron chi connectivity index (χ2n) is 6.25. The molecular formula is C18H18N4O3. The third-order valence-electron chi connectivity index (χ3n) is 4.52. The Balaban J connectivity index is 1.89. The number of aliphatic hydroxyl groups excluding tert-OH is 1. The number of carbonyl (C=O) groups excluding carboxylic acids is 1. The zero-order valence-corrected chi connectivity index (χ0v) is 13.7. The first kappa shape index (κ1) is 16.9. The molecule has 0 radical (unpaired) electrons. The van der Waals surface area contributed by atoms with Crippen LogP contribution in [0, 0.1) is 24.2 Å². The van der Waals surface area contributed by atoms with E-state index in [9.17, 15) is 14.7 Å². The number of carbonyl (C=O) groups is 1. The summed E-state index contributed by atoms with van der Waals surface area (Å²) in [5.74, 6) is -0.297. The molecule has 1 saturated carbocycles. The predicted octanol–water partition coefficient (Wildman–Crippen LogP) is 1.19. The lowest BCUT2D eigenvalue weighted by Crippen LogP contribution is -2.42. The van der Waals surface area contributed by atoms with Crippen LogP contribution in [0.15, 0.2) is 35.3 Å². The third-order valence-corrected chi connectivity index (χ3v) is 4.52. The highest BCUT2D eigenvalue weighted by Gasteiger charge is 2.36. The summed E-state index contributed by atoms with van der Waals surface area (Å²) in [5, 5.41) is 21.5. The van der Waals surface area contributed by atoms with Gasteiger partial charge in [0, 0.05) is 11.9 Å². The van der Waals surface area contributed by atoms with Gasteiger partial charge >= 0.3 is 0 Å². The van der Waals surface area contributed by atoms with Crippen molar-refractivity contribution in [2.24, 2.45) is 5.92 Å². The molecule has 0 saturated heterocycles. The first-order valence-electron chi connectivity index (χ1n) is 8.03. The highest BCUT2D eigenvalue weighted by atomic mass is 16.3. The summed E-state index contributed by atoms with van der Waals surface area (Å²) in [7, 11) is 0. The number of nitrogens with one attached hydrogen (secondary N) is 2. The van der Waals surface area contributed by atoms with Gasteiger partial charge in [0.15, 0.2) is 0 Å². The highest BCUT2D eigenvalue weighted by Crippen LogP contribution is 2.37. The van der Waals surface area contributed by atoms with E-state index >= 15 is 0 Å². The summed E-state index contributed by atoms with van der Waals surface area (Å²) in [4.78, 5) is 31.2. The maximum Gasteiger partial charge on any atom is 0.266 e. The summed E-state index contributed by atoms with van der Waals surface area (Å²) in [6.45, 7) is 1.61. The summed E-state index contributed by atoms with van der Waals surface area (Å²) in [6.07, 6.45) is 2.49. The van der Waals surface area contributed by atoms with Crippen molar-refractivity contribution in [3.63, 3.8) is 0 Å². The smallest absolute Gasteiger partial charge is 0.266 e. The van der Waals surface area contributed by atoms with Crippen LogP contribution in [0.5, 0.6) is 0 Å². The molecule has 1 aliphatic rings. The fourth-order valence-corrected chi connectivity index (χ4v) is 3.06. The van der Waals surface area contributed by atoms with E-state index in [-0.39, 0.29) is 35.1 Å². The lowest BCUT2D eigenvalue weighted by atomic mass is 9.76. The first-order valence-corrected chi connectivity index (χ1v) is 8.03. The summed E-state index contributed by atoms with van der Waals surface area (Å²) in [5.41, 5.74) is 0.742. The van der Waals surface area contributed by atoms with Gasteiger partial charge in [-0.15, -0.1) is 0 Å². The Labute approximate surface area is 144 Å². The van der Waals surface area contributed by atoms with Gasteiger partial charge in [0.05, 0.1) is 23.4 Å². The Morgan fingerprint density at radius 1 is 1.48 bits per heavy atom. The highest BCUT2D eigenvalue weighted by molar-refractivity contribution is 5.95. The second kappa shape index (κ2) is 6.87. The van der Waals surface area contributed by atoms with Gasteiger partial charge in [-0.05, 0) is 43.9 Å². The standard InChI is InChI=1S/C18H18N4O3/c1-10-14(8-12(9-19)17(24)21-10)18(25)22-16(11-6-13(23)7-11)15-4-2-3-5-20-15/h2-5,8,11,13,16,23H,6-7H2,1H3,(H,21,24)(H,22,25)/t11?,13?,16-/m1/s1. The Morgan fingerprint density at radius 2 is 2.24 bits per heavy atom. The molecule has 1 aliphatic carbocycles. The van der Waals surface area contributed by atoms with Crippen molar-refractivity contribution in [2.45, 2.75) is 31.9 Å². The maximum absolute atomic E-state index is 12.7. The molecule has 0 spiro atoms. The van der Waals surface area contributed by atoms with Gasteiger partial charge in [-0.3, -0.25) is 14.6 Å². The molecule has 1 amide bonds. The van der Waals surface area contributed by atoms with Gasteiger partial charge in [-0.1, -0.05) is 6.07 Å². The van der Waals surface area contributed by atoms with Crippen molar-refractivity contribution in [1.82, 2.24) is 15.3 Å². The number of aromatic nitrogens is 2. The molecule has 0 unspecified atom stereocenters. The van der Waals surface area contributed by atoms with Gasteiger partial charge < -0.3 is 15.4 Å². The molecule has 2 aromatic heterocycles. The lowest BCUT2D eigenvalue weighted by Gasteiger charge is -2.37. The number of nitriles is 1. The molecule has 3 N–H and O–H groups in total. The van der Waals surface area contributed by atoms with Gasteiger partial charge in [-0.2, -0.15) is 5.26 Å². The number of H-pyrrole nitrogens is 1. The van der Waals surface area contributed by atoms with Crippen molar-refractivity contribution in [3.8, 4) is 6.07 Å². The molecule has 1 fully saturated rings. The minimum Gasteiger partial charge on any atom is -0.393 e. The van der Waals surface area contributed by atoms with Crippen LogP contribution >= 0.6 is 0 Å². The van der Waals surface area contributed by atoms with Gasteiger partial charge in [-0.25, -0.2) is 0 Å². The average molecular weight is 338 g/mol. The lowest BCUT2D eigenvalue weighted by molar-refractivity contribution is 0.0228. The monoisotopic (exact) mass is 338 g/mol. The summed E-state index contributed by atoms with van der Waals surface area (Å²) < 4.78 is 0. The number of aliphatic hydroxyl groups is 1. The number of aryl methyl sites for hydroxylation is 1. The Bertz CT molecular complexity index is 879. The van der Waals surface area contributed by atoms with Crippen LogP contribution in [0.25, 0.3) is 0 Å². The van der Waals surface area contributed by atoms with Crippen LogP contribution in [-0.2, 0) is 0 Å². The molecule has 7 nitrogen and oxygen atoms in total. The topological polar surface area (TPSA) is 119 Å². The Kier molecular flexibility index (Phi) is 4.63.